The fourth-order valence-electron chi connectivity index (χ4n) is 3.65. The van der Waals surface area contributed by atoms with E-state index in [-0.39, 0.29) is 23.9 Å². The van der Waals surface area contributed by atoms with Gasteiger partial charge in [-0.3, -0.25) is 0 Å². The van der Waals surface area contributed by atoms with Crippen molar-refractivity contribution < 1.29 is 17.9 Å². The number of ether oxygens (including phenoxy) is 2. The Hall–Kier alpha value is -0.950. The zero-order valence-electron chi connectivity index (χ0n) is 14.9. The van der Waals surface area contributed by atoms with Gasteiger partial charge in [0, 0.05) is 25.7 Å². The third-order valence-corrected chi connectivity index (χ3v) is 6.51. The SMILES string of the molecule is Cc1ccc([C@@H]2OCCC[C@H]2CNS(=O)(=O)C[C@@H]2CCCCO2)cc1. The van der Waals surface area contributed by atoms with Crippen LogP contribution in [-0.4, -0.2) is 40.0 Å². The number of hydrogen-bond donors (Lipinski definition) is 1. The predicted octanol–water partition coefficient (Wildman–Crippen LogP) is 2.95. The average Bonchev–Trinajstić information content (AvgIpc) is 2.62. The summed E-state index contributed by atoms with van der Waals surface area (Å²) in [6, 6.07) is 8.33. The second-order valence-electron chi connectivity index (χ2n) is 7.22. The van der Waals surface area contributed by atoms with Crippen LogP contribution in [0.4, 0.5) is 0 Å². The van der Waals surface area contributed by atoms with Gasteiger partial charge in [0.05, 0.1) is 18.0 Å². The van der Waals surface area contributed by atoms with Gasteiger partial charge >= 0.3 is 0 Å². The predicted molar refractivity (Wildman–Crippen MR) is 98.0 cm³/mol. The third-order valence-electron chi connectivity index (χ3n) is 5.10. The van der Waals surface area contributed by atoms with Gasteiger partial charge in [-0.05, 0) is 44.6 Å². The van der Waals surface area contributed by atoms with E-state index < -0.39 is 10.0 Å². The van der Waals surface area contributed by atoms with E-state index in [1.54, 1.807) is 0 Å². The summed E-state index contributed by atoms with van der Waals surface area (Å²) in [7, 11) is -3.32. The normalized spacial score (nSPS) is 28.0. The Bertz CT molecular complexity index is 638. The molecule has 1 aromatic carbocycles. The molecule has 0 saturated carbocycles. The highest BCUT2D eigenvalue weighted by Gasteiger charge is 2.29. The summed E-state index contributed by atoms with van der Waals surface area (Å²) in [6.45, 7) is 3.89. The number of aryl methyl sites for hydroxylation is 1. The Morgan fingerprint density at radius 3 is 2.52 bits per heavy atom. The second kappa shape index (κ2) is 8.62. The van der Waals surface area contributed by atoms with Gasteiger partial charge in [-0.25, -0.2) is 13.1 Å². The molecule has 2 aliphatic heterocycles. The van der Waals surface area contributed by atoms with E-state index in [2.05, 4.69) is 35.9 Å². The molecular weight excluding hydrogens is 338 g/mol. The van der Waals surface area contributed by atoms with Crippen LogP contribution in [0.3, 0.4) is 0 Å². The highest BCUT2D eigenvalue weighted by atomic mass is 32.2. The molecule has 2 aliphatic rings. The monoisotopic (exact) mass is 367 g/mol. The fraction of sp³-hybridized carbons (Fsp3) is 0.684. The quantitative estimate of drug-likeness (QED) is 0.840. The van der Waals surface area contributed by atoms with E-state index in [4.69, 9.17) is 9.47 Å². The van der Waals surface area contributed by atoms with Crippen molar-refractivity contribution >= 4 is 10.0 Å². The smallest absolute Gasteiger partial charge is 0.214 e. The Morgan fingerprint density at radius 2 is 1.80 bits per heavy atom. The minimum absolute atomic E-state index is 0.0389. The van der Waals surface area contributed by atoms with E-state index >= 15 is 0 Å². The highest BCUT2D eigenvalue weighted by Crippen LogP contribution is 2.33. The topological polar surface area (TPSA) is 64.6 Å². The minimum atomic E-state index is -3.32. The van der Waals surface area contributed by atoms with Crippen molar-refractivity contribution in [2.45, 2.75) is 51.2 Å². The first-order chi connectivity index (χ1) is 12.0. The van der Waals surface area contributed by atoms with Gasteiger partial charge in [-0.1, -0.05) is 29.8 Å². The van der Waals surface area contributed by atoms with E-state index in [0.29, 0.717) is 13.2 Å². The van der Waals surface area contributed by atoms with Gasteiger partial charge in [0.1, 0.15) is 0 Å². The van der Waals surface area contributed by atoms with Crippen LogP contribution in [0.5, 0.6) is 0 Å². The molecule has 0 spiro atoms. The number of nitrogens with one attached hydrogen (secondary N) is 1. The fourth-order valence-corrected chi connectivity index (χ4v) is 4.99. The van der Waals surface area contributed by atoms with Crippen molar-refractivity contribution in [2.24, 2.45) is 5.92 Å². The second-order valence-corrected chi connectivity index (χ2v) is 9.07. The number of hydrogen-bond acceptors (Lipinski definition) is 4. The Balaban J connectivity index is 1.58. The van der Waals surface area contributed by atoms with Crippen LogP contribution in [-0.2, 0) is 19.5 Å². The summed E-state index contributed by atoms with van der Waals surface area (Å²) < 4.78 is 39.1. The Morgan fingerprint density at radius 1 is 1.04 bits per heavy atom. The van der Waals surface area contributed by atoms with Crippen molar-refractivity contribution in [3.8, 4) is 0 Å². The van der Waals surface area contributed by atoms with Crippen LogP contribution in [0.25, 0.3) is 0 Å². The van der Waals surface area contributed by atoms with Crippen molar-refractivity contribution in [3.63, 3.8) is 0 Å². The van der Waals surface area contributed by atoms with Crippen LogP contribution in [0.15, 0.2) is 24.3 Å². The molecule has 0 unspecified atom stereocenters. The molecule has 2 heterocycles. The maximum absolute atomic E-state index is 12.4. The summed E-state index contributed by atoms with van der Waals surface area (Å²) >= 11 is 0. The molecule has 1 aromatic rings. The molecule has 1 N–H and O–H groups in total. The van der Waals surface area contributed by atoms with E-state index in [1.165, 1.54) is 5.56 Å². The molecule has 0 radical (unpaired) electrons. The van der Waals surface area contributed by atoms with E-state index in [1.807, 2.05) is 0 Å². The molecular formula is C19H29NO4S. The highest BCUT2D eigenvalue weighted by molar-refractivity contribution is 7.89. The lowest BCUT2D eigenvalue weighted by atomic mass is 9.89. The number of rotatable bonds is 6. The lowest BCUT2D eigenvalue weighted by Crippen LogP contribution is -2.39. The molecule has 140 valence electrons. The van der Waals surface area contributed by atoms with Crippen molar-refractivity contribution in [1.29, 1.82) is 0 Å². The molecule has 5 nitrogen and oxygen atoms in total. The van der Waals surface area contributed by atoms with Crippen LogP contribution in [0, 0.1) is 12.8 Å². The molecule has 3 rings (SSSR count). The summed E-state index contributed by atoms with van der Waals surface area (Å²) in [5.41, 5.74) is 2.34. The first kappa shape index (κ1) is 18.8. The van der Waals surface area contributed by atoms with Crippen LogP contribution < -0.4 is 4.72 Å². The van der Waals surface area contributed by atoms with E-state index in [0.717, 1.165) is 44.3 Å². The average molecular weight is 368 g/mol. The molecule has 2 saturated heterocycles. The van der Waals surface area contributed by atoms with Gasteiger partial charge < -0.3 is 9.47 Å². The summed E-state index contributed by atoms with van der Waals surface area (Å²) in [4.78, 5) is 0. The summed E-state index contributed by atoms with van der Waals surface area (Å²) in [5, 5.41) is 0. The molecule has 6 heteroatoms. The lowest BCUT2D eigenvalue weighted by Gasteiger charge is -2.32. The summed E-state index contributed by atoms with van der Waals surface area (Å²) in [6.07, 6.45) is 4.65. The first-order valence-electron chi connectivity index (χ1n) is 9.30. The van der Waals surface area contributed by atoms with Gasteiger partial charge in [0.25, 0.3) is 0 Å². The van der Waals surface area contributed by atoms with Gasteiger partial charge in [-0.15, -0.1) is 0 Å². The number of benzene rings is 1. The molecule has 3 atom stereocenters. The molecule has 0 bridgehead atoms. The minimum Gasteiger partial charge on any atom is -0.377 e. The third kappa shape index (κ3) is 5.51. The standard InChI is InChI=1S/C19H29NO4S/c1-15-7-9-16(10-8-15)19-17(5-4-12-24-19)13-20-25(21,22)14-18-6-2-3-11-23-18/h7-10,17-20H,2-6,11-14H2,1H3/t17-,18-,19-/m0/s1. The zero-order chi connectivity index (χ0) is 17.7. The van der Waals surface area contributed by atoms with Crippen LogP contribution in [0.2, 0.25) is 0 Å². The lowest BCUT2D eigenvalue weighted by molar-refractivity contribution is -0.0262. The molecule has 2 fully saturated rings. The van der Waals surface area contributed by atoms with Gasteiger partial charge in [0.15, 0.2) is 0 Å². The molecule has 0 aliphatic carbocycles. The van der Waals surface area contributed by atoms with Crippen LogP contribution in [0.1, 0.15) is 49.3 Å². The van der Waals surface area contributed by atoms with Crippen LogP contribution >= 0.6 is 0 Å². The largest absolute Gasteiger partial charge is 0.377 e. The molecule has 25 heavy (non-hydrogen) atoms. The first-order valence-corrected chi connectivity index (χ1v) is 11.0. The number of sulfonamides is 1. The van der Waals surface area contributed by atoms with E-state index in [9.17, 15) is 8.42 Å². The molecule has 0 amide bonds. The maximum Gasteiger partial charge on any atom is 0.214 e. The van der Waals surface area contributed by atoms with Gasteiger partial charge in [0.2, 0.25) is 10.0 Å². The Labute approximate surface area is 151 Å². The van der Waals surface area contributed by atoms with Crippen molar-refractivity contribution in [2.75, 3.05) is 25.5 Å². The Kier molecular flexibility index (Phi) is 6.49. The summed E-state index contributed by atoms with van der Waals surface area (Å²) in [5.74, 6) is 0.231. The maximum atomic E-state index is 12.4. The van der Waals surface area contributed by atoms with Crippen molar-refractivity contribution in [1.82, 2.24) is 4.72 Å². The van der Waals surface area contributed by atoms with Gasteiger partial charge in [-0.2, -0.15) is 0 Å². The molecule has 0 aromatic heterocycles. The zero-order valence-corrected chi connectivity index (χ0v) is 15.8. The van der Waals surface area contributed by atoms with Crippen molar-refractivity contribution in [3.05, 3.63) is 35.4 Å².